The normalized spacial score (nSPS) is 19.7. The number of anilines is 2. The molecule has 0 unspecified atom stereocenters. The van der Waals surface area contributed by atoms with Crippen molar-refractivity contribution in [1.82, 2.24) is 14.9 Å². The van der Waals surface area contributed by atoms with Crippen molar-refractivity contribution in [3.63, 3.8) is 0 Å². The number of halogens is 2. The molecule has 1 aromatic heterocycles. The molecule has 2 aliphatic rings. The summed E-state index contributed by atoms with van der Waals surface area (Å²) in [4.78, 5) is 26.7. The number of likely N-dealkylation sites (N-methyl/N-ethyl adjacent to an activating group) is 1. The molecule has 184 valence electrons. The molecule has 2 aliphatic heterocycles. The highest BCUT2D eigenvalue weighted by molar-refractivity contribution is 7.90. The second kappa shape index (κ2) is 9.44. The molecule has 0 N–H and O–H groups in total. The number of nitrogens with zero attached hydrogens (tertiary/aromatic N) is 5. The van der Waals surface area contributed by atoms with Crippen LogP contribution in [0.15, 0.2) is 29.4 Å². The molecule has 1 atom stereocenters. The molecule has 2 fully saturated rings. The molecule has 1 aromatic carbocycles. The Bertz CT molecular complexity index is 1170. The fourth-order valence-electron chi connectivity index (χ4n) is 4.72. The number of aromatic nitrogens is 2. The fraction of sp³-hybridized carbons (Fsp3) is 0.522. The third-order valence-corrected chi connectivity index (χ3v) is 7.86. The zero-order valence-electron chi connectivity index (χ0n) is 19.5. The van der Waals surface area contributed by atoms with Gasteiger partial charge in [0.2, 0.25) is 11.9 Å². The molecule has 1 amide bonds. The van der Waals surface area contributed by atoms with E-state index in [1.165, 1.54) is 11.9 Å². The van der Waals surface area contributed by atoms with E-state index in [9.17, 15) is 22.0 Å². The van der Waals surface area contributed by atoms with Crippen molar-refractivity contribution in [2.24, 2.45) is 0 Å². The number of carbonyl (C=O) groups is 1. The Morgan fingerprint density at radius 3 is 2.29 bits per heavy atom. The van der Waals surface area contributed by atoms with Crippen LogP contribution in [0.2, 0.25) is 0 Å². The monoisotopic (exact) mass is 493 g/mol. The molecule has 2 saturated heterocycles. The first-order chi connectivity index (χ1) is 16.1. The molecular weight excluding hydrogens is 464 g/mol. The highest BCUT2D eigenvalue weighted by Gasteiger charge is 2.40. The topological polar surface area (TPSA) is 86.7 Å². The molecule has 4 rings (SSSR count). The number of likely N-dealkylation sites (tertiary alicyclic amines) is 1. The van der Waals surface area contributed by atoms with Crippen molar-refractivity contribution in [2.75, 3.05) is 42.7 Å². The minimum Gasteiger partial charge on any atom is -0.360 e. The van der Waals surface area contributed by atoms with E-state index in [0.29, 0.717) is 25.0 Å². The number of hydrogen-bond acceptors (Lipinski definition) is 7. The lowest BCUT2D eigenvalue weighted by atomic mass is 10.0. The number of benzene rings is 1. The van der Waals surface area contributed by atoms with Crippen LogP contribution in [0.5, 0.6) is 0 Å². The summed E-state index contributed by atoms with van der Waals surface area (Å²) >= 11 is 0. The summed E-state index contributed by atoms with van der Waals surface area (Å²) in [7, 11) is -2.37. The first-order valence-corrected chi connectivity index (χ1v) is 13.3. The van der Waals surface area contributed by atoms with Crippen LogP contribution in [-0.2, 0) is 21.1 Å². The van der Waals surface area contributed by atoms with Crippen molar-refractivity contribution in [3.8, 4) is 0 Å². The lowest BCUT2D eigenvalue weighted by Crippen LogP contribution is -2.48. The summed E-state index contributed by atoms with van der Waals surface area (Å²) in [6, 6.07) is 0.954. The minimum absolute atomic E-state index is 0.0614. The minimum atomic E-state index is -3.90. The van der Waals surface area contributed by atoms with Crippen LogP contribution >= 0.6 is 0 Å². The van der Waals surface area contributed by atoms with Gasteiger partial charge in [0.1, 0.15) is 22.6 Å². The van der Waals surface area contributed by atoms with Gasteiger partial charge in [0.05, 0.1) is 5.69 Å². The highest BCUT2D eigenvalue weighted by atomic mass is 32.2. The maximum absolute atomic E-state index is 14.7. The number of rotatable bonds is 6. The molecule has 0 bridgehead atoms. The predicted molar refractivity (Wildman–Crippen MR) is 125 cm³/mol. The average molecular weight is 494 g/mol. The largest absolute Gasteiger partial charge is 0.360 e. The number of carbonyl (C=O) groups excluding carboxylic acids is 1. The predicted octanol–water partition coefficient (Wildman–Crippen LogP) is 2.43. The van der Waals surface area contributed by atoms with Gasteiger partial charge in [-0.3, -0.25) is 4.79 Å². The van der Waals surface area contributed by atoms with Gasteiger partial charge < -0.3 is 14.7 Å². The molecular formula is C23H29F2N5O3S. The summed E-state index contributed by atoms with van der Waals surface area (Å²) in [5.74, 6) is -1.35. The van der Waals surface area contributed by atoms with Crippen molar-refractivity contribution < 1.29 is 22.0 Å². The zero-order valence-corrected chi connectivity index (χ0v) is 20.4. The SMILES string of the molecule is CCc1cnc(N2CCC(N3CC[C@H](N(C)c4cc(F)c(S(C)(=O)=O)cc4F)C3=O)CC2)nc1. The van der Waals surface area contributed by atoms with E-state index in [1.54, 1.807) is 0 Å². The van der Waals surface area contributed by atoms with Gasteiger partial charge in [-0.05, 0) is 37.3 Å². The lowest BCUT2D eigenvalue weighted by Gasteiger charge is -2.37. The summed E-state index contributed by atoms with van der Waals surface area (Å²) in [5.41, 5.74) is 0.950. The van der Waals surface area contributed by atoms with E-state index >= 15 is 0 Å². The van der Waals surface area contributed by atoms with Crippen molar-refractivity contribution in [3.05, 3.63) is 41.7 Å². The molecule has 0 aliphatic carbocycles. The second-order valence-electron chi connectivity index (χ2n) is 8.92. The standard InChI is InChI=1S/C23H29F2N5O3S/c1-4-15-13-26-23(27-14-15)29-8-5-16(6-9-29)30-10-7-19(22(30)31)28(2)20-11-18(25)21(12-17(20)24)34(3,32)33/h11-14,16,19H,4-10H2,1-3H3/t19-/m0/s1. The highest BCUT2D eigenvalue weighted by Crippen LogP contribution is 2.31. The van der Waals surface area contributed by atoms with Gasteiger partial charge in [-0.2, -0.15) is 0 Å². The molecule has 8 nitrogen and oxygen atoms in total. The molecule has 11 heteroatoms. The van der Waals surface area contributed by atoms with E-state index < -0.39 is 32.4 Å². The summed E-state index contributed by atoms with van der Waals surface area (Å²) in [6.45, 7) is 4.04. The summed E-state index contributed by atoms with van der Waals surface area (Å²) in [6.07, 6.45) is 7.40. The van der Waals surface area contributed by atoms with Crippen LogP contribution < -0.4 is 9.80 Å². The van der Waals surface area contributed by atoms with Gasteiger partial charge in [0.15, 0.2) is 9.84 Å². The Kier molecular flexibility index (Phi) is 6.75. The fourth-order valence-corrected chi connectivity index (χ4v) is 5.45. The number of sulfone groups is 1. The van der Waals surface area contributed by atoms with E-state index in [4.69, 9.17) is 0 Å². The van der Waals surface area contributed by atoms with Crippen LogP contribution in [0, 0.1) is 11.6 Å². The number of hydrogen-bond donors (Lipinski definition) is 0. The third-order valence-electron chi connectivity index (χ3n) is 6.75. The number of amides is 1. The van der Waals surface area contributed by atoms with E-state index in [2.05, 4.69) is 21.8 Å². The van der Waals surface area contributed by atoms with Crippen LogP contribution in [0.4, 0.5) is 20.4 Å². The Balaban J connectivity index is 1.42. The van der Waals surface area contributed by atoms with Crippen LogP contribution in [0.25, 0.3) is 0 Å². The van der Waals surface area contributed by atoms with Gasteiger partial charge in [-0.1, -0.05) is 6.92 Å². The maximum Gasteiger partial charge on any atom is 0.245 e. The zero-order chi connectivity index (χ0) is 24.6. The number of piperidine rings is 1. The van der Waals surface area contributed by atoms with Crippen molar-refractivity contribution in [1.29, 1.82) is 0 Å². The van der Waals surface area contributed by atoms with Gasteiger partial charge in [0.25, 0.3) is 0 Å². The summed E-state index contributed by atoms with van der Waals surface area (Å²) < 4.78 is 52.4. The smallest absolute Gasteiger partial charge is 0.245 e. The molecule has 0 saturated carbocycles. The van der Waals surface area contributed by atoms with Gasteiger partial charge >= 0.3 is 0 Å². The third kappa shape index (κ3) is 4.70. The van der Waals surface area contributed by atoms with Crippen molar-refractivity contribution in [2.45, 2.75) is 49.6 Å². The van der Waals surface area contributed by atoms with Gasteiger partial charge in [0, 0.05) is 57.4 Å². The second-order valence-corrected chi connectivity index (χ2v) is 10.9. The van der Waals surface area contributed by atoms with E-state index in [0.717, 1.165) is 50.2 Å². The molecule has 3 heterocycles. The first kappa shape index (κ1) is 24.3. The molecule has 34 heavy (non-hydrogen) atoms. The maximum atomic E-state index is 14.7. The van der Waals surface area contributed by atoms with Gasteiger partial charge in [-0.15, -0.1) is 0 Å². The van der Waals surface area contributed by atoms with Crippen LogP contribution in [-0.4, -0.2) is 74.2 Å². The Morgan fingerprint density at radius 1 is 1.06 bits per heavy atom. The molecule has 2 aromatic rings. The van der Waals surface area contributed by atoms with Crippen LogP contribution in [0.3, 0.4) is 0 Å². The Morgan fingerprint density at radius 2 is 1.71 bits per heavy atom. The van der Waals surface area contributed by atoms with E-state index in [1.807, 2.05) is 17.3 Å². The van der Waals surface area contributed by atoms with Crippen LogP contribution in [0.1, 0.15) is 31.7 Å². The molecule has 0 radical (unpaired) electrons. The van der Waals surface area contributed by atoms with Gasteiger partial charge in [-0.25, -0.2) is 27.2 Å². The Hall–Kier alpha value is -2.82. The Labute approximate surface area is 198 Å². The summed E-state index contributed by atoms with van der Waals surface area (Å²) in [5, 5.41) is 0. The van der Waals surface area contributed by atoms with E-state index in [-0.39, 0.29) is 17.6 Å². The lowest BCUT2D eigenvalue weighted by molar-refractivity contribution is -0.131. The van der Waals surface area contributed by atoms with Crippen molar-refractivity contribution >= 4 is 27.4 Å². The molecule has 0 spiro atoms. The first-order valence-electron chi connectivity index (χ1n) is 11.4. The average Bonchev–Trinajstić information content (AvgIpc) is 3.20. The quantitative estimate of drug-likeness (QED) is 0.611. The number of aryl methyl sites for hydroxylation is 1.